The SMILES string of the molecule is CC(ON(C(C)(C)C)C(C)(C)C)c1ccc(C=O)cc1. The van der Waals surface area contributed by atoms with Crippen molar-refractivity contribution in [2.45, 2.75) is 65.6 Å². The largest absolute Gasteiger partial charge is 0.298 e. The van der Waals surface area contributed by atoms with Crippen molar-refractivity contribution in [1.29, 1.82) is 0 Å². The van der Waals surface area contributed by atoms with Crippen LogP contribution in [0.15, 0.2) is 24.3 Å². The van der Waals surface area contributed by atoms with Gasteiger partial charge < -0.3 is 0 Å². The summed E-state index contributed by atoms with van der Waals surface area (Å²) in [5.41, 5.74) is 1.57. The van der Waals surface area contributed by atoms with Gasteiger partial charge in [-0.25, -0.2) is 0 Å². The van der Waals surface area contributed by atoms with Crippen molar-refractivity contribution in [3.05, 3.63) is 35.4 Å². The van der Waals surface area contributed by atoms with Gasteiger partial charge in [-0.2, -0.15) is 5.06 Å². The molecule has 0 aliphatic heterocycles. The Kier molecular flexibility index (Phi) is 5.11. The average Bonchev–Trinajstić information content (AvgIpc) is 2.33. The van der Waals surface area contributed by atoms with Gasteiger partial charge in [0.25, 0.3) is 0 Å². The van der Waals surface area contributed by atoms with Crippen LogP contribution < -0.4 is 0 Å². The lowest BCUT2D eigenvalue weighted by Crippen LogP contribution is -2.52. The number of hydroxylamine groups is 2. The summed E-state index contributed by atoms with van der Waals surface area (Å²) in [5.74, 6) is 0. The zero-order chi connectivity index (χ0) is 15.6. The van der Waals surface area contributed by atoms with Crippen LogP contribution in [0.3, 0.4) is 0 Å². The van der Waals surface area contributed by atoms with Crippen molar-refractivity contribution in [2.75, 3.05) is 0 Å². The number of hydrogen-bond donors (Lipinski definition) is 0. The fourth-order valence-electron chi connectivity index (χ4n) is 2.39. The number of carbonyl (C=O) groups excluding carboxylic acids is 1. The molecule has 1 aromatic carbocycles. The van der Waals surface area contributed by atoms with Gasteiger partial charge in [0.1, 0.15) is 12.4 Å². The van der Waals surface area contributed by atoms with Crippen LogP contribution in [0.5, 0.6) is 0 Å². The first-order chi connectivity index (χ1) is 9.05. The van der Waals surface area contributed by atoms with E-state index in [4.69, 9.17) is 4.84 Å². The summed E-state index contributed by atoms with van der Waals surface area (Å²) in [4.78, 5) is 16.9. The highest BCUT2D eigenvalue weighted by Crippen LogP contribution is 2.30. The molecule has 0 aliphatic rings. The first-order valence-electron chi connectivity index (χ1n) is 7.08. The standard InChI is InChI=1S/C17H27NO2/c1-13(15-10-8-14(12-19)9-11-15)20-18(16(2,3)4)17(5,6)7/h8-13H,1-7H3. The predicted octanol–water partition coefficient (Wildman–Crippen LogP) is 4.39. The Morgan fingerprint density at radius 1 is 1.00 bits per heavy atom. The zero-order valence-electron chi connectivity index (χ0n) is 13.7. The summed E-state index contributed by atoms with van der Waals surface area (Å²) in [6, 6.07) is 7.53. The minimum atomic E-state index is -0.0880. The topological polar surface area (TPSA) is 29.5 Å². The molecular formula is C17H27NO2. The second-order valence-electron chi connectivity index (χ2n) is 7.17. The fraction of sp³-hybridized carbons (Fsp3) is 0.588. The van der Waals surface area contributed by atoms with Crippen LogP contribution in [-0.2, 0) is 4.84 Å². The molecule has 3 heteroatoms. The molecule has 1 rings (SSSR count). The molecule has 0 fully saturated rings. The van der Waals surface area contributed by atoms with Gasteiger partial charge in [0, 0.05) is 16.6 Å². The van der Waals surface area contributed by atoms with Gasteiger partial charge in [-0.3, -0.25) is 9.63 Å². The normalized spacial score (nSPS) is 14.4. The Hall–Kier alpha value is -1.19. The zero-order valence-corrected chi connectivity index (χ0v) is 13.7. The Morgan fingerprint density at radius 2 is 1.45 bits per heavy atom. The molecule has 0 N–H and O–H groups in total. The highest BCUT2D eigenvalue weighted by molar-refractivity contribution is 5.74. The first kappa shape index (κ1) is 16.9. The molecule has 112 valence electrons. The molecule has 0 amide bonds. The summed E-state index contributed by atoms with van der Waals surface area (Å²) >= 11 is 0. The first-order valence-corrected chi connectivity index (χ1v) is 7.08. The minimum Gasteiger partial charge on any atom is -0.298 e. The molecule has 1 unspecified atom stereocenters. The fourth-order valence-corrected chi connectivity index (χ4v) is 2.39. The maximum atomic E-state index is 10.7. The van der Waals surface area contributed by atoms with Gasteiger partial charge >= 0.3 is 0 Å². The van der Waals surface area contributed by atoms with E-state index >= 15 is 0 Å². The second kappa shape index (κ2) is 6.06. The number of rotatable bonds is 4. The van der Waals surface area contributed by atoms with Crippen LogP contribution in [0.1, 0.15) is 70.5 Å². The van der Waals surface area contributed by atoms with Crippen LogP contribution >= 0.6 is 0 Å². The minimum absolute atomic E-state index is 0.0610. The molecule has 1 aromatic rings. The number of hydrogen-bond acceptors (Lipinski definition) is 3. The molecule has 0 bridgehead atoms. The van der Waals surface area contributed by atoms with E-state index in [1.54, 1.807) is 0 Å². The maximum absolute atomic E-state index is 10.7. The van der Waals surface area contributed by atoms with E-state index in [2.05, 4.69) is 41.5 Å². The molecular weight excluding hydrogens is 250 g/mol. The van der Waals surface area contributed by atoms with E-state index in [0.717, 1.165) is 11.8 Å². The molecule has 0 spiro atoms. The van der Waals surface area contributed by atoms with Gasteiger partial charge in [-0.05, 0) is 54.0 Å². The van der Waals surface area contributed by atoms with Gasteiger partial charge in [0.05, 0.1) is 0 Å². The molecule has 0 aliphatic carbocycles. The summed E-state index contributed by atoms with van der Waals surface area (Å²) in [6.45, 7) is 14.9. The van der Waals surface area contributed by atoms with Crippen LogP contribution in [-0.4, -0.2) is 22.4 Å². The van der Waals surface area contributed by atoms with Crippen molar-refractivity contribution in [3.8, 4) is 0 Å². The summed E-state index contributed by atoms with van der Waals surface area (Å²) in [6.07, 6.45) is 0.792. The number of nitrogens with zero attached hydrogens (tertiary/aromatic N) is 1. The number of carbonyl (C=O) groups is 1. The van der Waals surface area contributed by atoms with Crippen molar-refractivity contribution in [3.63, 3.8) is 0 Å². The third-order valence-corrected chi connectivity index (χ3v) is 3.02. The third-order valence-electron chi connectivity index (χ3n) is 3.02. The molecule has 0 aromatic heterocycles. The molecule has 3 nitrogen and oxygen atoms in total. The van der Waals surface area contributed by atoms with E-state index in [1.165, 1.54) is 0 Å². The Morgan fingerprint density at radius 3 is 1.80 bits per heavy atom. The Labute approximate surface area is 122 Å². The van der Waals surface area contributed by atoms with Crippen molar-refractivity contribution in [2.24, 2.45) is 0 Å². The molecule has 0 saturated heterocycles. The highest BCUT2D eigenvalue weighted by atomic mass is 16.7. The van der Waals surface area contributed by atoms with Gasteiger partial charge in [-0.15, -0.1) is 0 Å². The van der Waals surface area contributed by atoms with Crippen LogP contribution in [0.4, 0.5) is 0 Å². The molecule has 0 heterocycles. The second-order valence-corrected chi connectivity index (χ2v) is 7.17. The van der Waals surface area contributed by atoms with E-state index < -0.39 is 0 Å². The third kappa shape index (κ3) is 4.43. The maximum Gasteiger partial charge on any atom is 0.150 e. The molecule has 0 saturated carbocycles. The molecule has 1 atom stereocenters. The Balaban J connectivity index is 2.90. The summed E-state index contributed by atoms with van der Waals surface area (Å²) in [7, 11) is 0. The van der Waals surface area contributed by atoms with E-state index in [0.29, 0.717) is 5.56 Å². The van der Waals surface area contributed by atoms with Gasteiger partial charge in [-0.1, -0.05) is 24.3 Å². The van der Waals surface area contributed by atoms with Crippen LogP contribution in [0.2, 0.25) is 0 Å². The van der Waals surface area contributed by atoms with Gasteiger partial charge in [0.2, 0.25) is 0 Å². The van der Waals surface area contributed by atoms with E-state index in [1.807, 2.05) is 36.3 Å². The number of aldehydes is 1. The monoisotopic (exact) mass is 277 g/mol. The van der Waals surface area contributed by atoms with E-state index in [9.17, 15) is 4.79 Å². The summed E-state index contributed by atoms with van der Waals surface area (Å²) < 4.78 is 0. The van der Waals surface area contributed by atoms with Crippen molar-refractivity contribution >= 4 is 6.29 Å². The smallest absolute Gasteiger partial charge is 0.150 e. The van der Waals surface area contributed by atoms with Crippen LogP contribution in [0.25, 0.3) is 0 Å². The number of benzene rings is 1. The van der Waals surface area contributed by atoms with Crippen LogP contribution in [0, 0.1) is 0 Å². The lowest BCUT2D eigenvalue weighted by molar-refractivity contribution is -0.283. The Bertz CT molecular complexity index is 424. The molecule has 20 heavy (non-hydrogen) atoms. The molecule has 0 radical (unpaired) electrons. The lowest BCUT2D eigenvalue weighted by atomic mass is 10.00. The summed E-state index contributed by atoms with van der Waals surface area (Å²) in [5, 5.41) is 2.04. The highest BCUT2D eigenvalue weighted by Gasteiger charge is 2.34. The lowest BCUT2D eigenvalue weighted by Gasteiger charge is -2.45. The van der Waals surface area contributed by atoms with Crippen molar-refractivity contribution < 1.29 is 9.63 Å². The van der Waals surface area contributed by atoms with Gasteiger partial charge in [0.15, 0.2) is 0 Å². The van der Waals surface area contributed by atoms with E-state index in [-0.39, 0.29) is 17.2 Å². The average molecular weight is 277 g/mol. The quantitative estimate of drug-likeness (QED) is 0.604. The predicted molar refractivity (Wildman–Crippen MR) is 82.7 cm³/mol. The van der Waals surface area contributed by atoms with Crippen molar-refractivity contribution in [1.82, 2.24) is 5.06 Å².